The number of aliphatic hydroxyl groups is 3. The molecule has 0 radical (unpaired) electrons. The largest absolute Gasteiger partial charge is 0.394 e. The first-order valence-electron chi connectivity index (χ1n) is 6.11. The lowest BCUT2D eigenvalue weighted by Gasteiger charge is -2.37. The van der Waals surface area contributed by atoms with Crippen molar-refractivity contribution in [2.45, 2.75) is 43.6 Å². The molecular weight excluding hydrogens is 272 g/mol. The summed E-state index contributed by atoms with van der Waals surface area (Å²) in [5.74, 6) is -0.341. The Hall–Kier alpha value is -0.670. The molecule has 0 saturated carbocycles. The Morgan fingerprint density at radius 1 is 1.47 bits per heavy atom. The molecular formula is C11H18N2O5S. The minimum atomic E-state index is -1.18. The van der Waals surface area contributed by atoms with Crippen LogP contribution in [0.15, 0.2) is 4.99 Å². The van der Waals surface area contributed by atoms with Gasteiger partial charge in [-0.2, -0.15) is 0 Å². The van der Waals surface area contributed by atoms with Crippen LogP contribution in [0.2, 0.25) is 0 Å². The minimum absolute atomic E-state index is 0.168. The van der Waals surface area contributed by atoms with E-state index in [9.17, 15) is 15.0 Å². The highest BCUT2D eigenvalue weighted by molar-refractivity contribution is 8.14. The van der Waals surface area contributed by atoms with Crippen LogP contribution in [0, 0.1) is 5.92 Å². The van der Waals surface area contributed by atoms with Gasteiger partial charge >= 0.3 is 0 Å². The molecule has 2 aliphatic rings. The normalized spacial score (nSPS) is 38.0. The molecule has 1 fully saturated rings. The summed E-state index contributed by atoms with van der Waals surface area (Å²) in [7, 11) is 0. The molecule has 8 heteroatoms. The van der Waals surface area contributed by atoms with Gasteiger partial charge < -0.3 is 25.4 Å². The van der Waals surface area contributed by atoms with Crippen LogP contribution in [0.5, 0.6) is 0 Å². The first-order chi connectivity index (χ1) is 8.93. The van der Waals surface area contributed by atoms with Crippen molar-refractivity contribution < 1.29 is 24.9 Å². The molecule has 0 aromatic carbocycles. The van der Waals surface area contributed by atoms with Crippen LogP contribution in [0.25, 0.3) is 0 Å². The second-order valence-electron chi connectivity index (χ2n) is 4.89. The second-order valence-corrected chi connectivity index (χ2v) is 5.98. The summed E-state index contributed by atoms with van der Waals surface area (Å²) in [6, 6.07) is -0.634. The summed E-state index contributed by atoms with van der Waals surface area (Å²) in [6.45, 7) is 3.15. The van der Waals surface area contributed by atoms with Gasteiger partial charge in [0.1, 0.15) is 29.8 Å². The molecule has 2 heterocycles. The average Bonchev–Trinajstić information content (AvgIpc) is 2.76. The van der Waals surface area contributed by atoms with Crippen molar-refractivity contribution in [3.63, 3.8) is 0 Å². The molecule has 1 amide bonds. The standard InChI is InChI=1S/C11H18N2O5S/c1-4(2)9(17)13-11-12-6-8(16)7(15)5(3-14)18-10(6)19-11/h4-8,10,14-16H,3H2,1-2H3,(H,12,13,17)/t5-,6-,7-,8-,10-/m1/s1. The SMILES string of the molecule is CC(C)C(=O)NC1=N[C@@H]2[C@@H](O)[C@H](O)[C@@H](CO)O[C@@H]2S1. The van der Waals surface area contributed by atoms with E-state index in [1.807, 2.05) is 0 Å². The summed E-state index contributed by atoms with van der Waals surface area (Å²) in [5, 5.41) is 31.8. The lowest BCUT2D eigenvalue weighted by atomic mass is 9.99. The highest BCUT2D eigenvalue weighted by atomic mass is 32.2. The summed E-state index contributed by atoms with van der Waals surface area (Å²) in [4.78, 5) is 15.7. The molecule has 0 bridgehead atoms. The van der Waals surface area contributed by atoms with E-state index in [1.54, 1.807) is 13.8 Å². The van der Waals surface area contributed by atoms with E-state index in [-0.39, 0.29) is 18.4 Å². The number of nitrogens with one attached hydrogen (secondary N) is 1. The zero-order valence-corrected chi connectivity index (χ0v) is 11.5. The Morgan fingerprint density at radius 2 is 2.16 bits per heavy atom. The molecule has 108 valence electrons. The lowest BCUT2D eigenvalue weighted by Crippen LogP contribution is -2.55. The van der Waals surface area contributed by atoms with Gasteiger partial charge in [0.15, 0.2) is 5.17 Å². The number of ether oxygens (including phenoxy) is 1. The van der Waals surface area contributed by atoms with Gasteiger partial charge in [-0.05, 0) is 0 Å². The van der Waals surface area contributed by atoms with Gasteiger partial charge in [-0.15, -0.1) is 0 Å². The van der Waals surface area contributed by atoms with Crippen LogP contribution in [0.4, 0.5) is 0 Å². The van der Waals surface area contributed by atoms with Gasteiger partial charge in [-0.3, -0.25) is 9.79 Å². The quantitative estimate of drug-likeness (QED) is 0.501. The third kappa shape index (κ3) is 2.92. The van der Waals surface area contributed by atoms with Crippen LogP contribution in [-0.4, -0.2) is 62.8 Å². The predicted octanol–water partition coefficient (Wildman–Crippen LogP) is -1.33. The monoisotopic (exact) mass is 290 g/mol. The number of hydrogen-bond donors (Lipinski definition) is 4. The maximum absolute atomic E-state index is 11.6. The fourth-order valence-electron chi connectivity index (χ4n) is 1.89. The number of fused-ring (bicyclic) bond motifs is 1. The van der Waals surface area contributed by atoms with Crippen LogP contribution >= 0.6 is 11.8 Å². The van der Waals surface area contributed by atoms with Crippen molar-refractivity contribution in [3.05, 3.63) is 0 Å². The molecule has 19 heavy (non-hydrogen) atoms. The maximum Gasteiger partial charge on any atom is 0.228 e. The predicted molar refractivity (Wildman–Crippen MR) is 69.6 cm³/mol. The molecule has 2 rings (SSSR count). The maximum atomic E-state index is 11.6. The van der Waals surface area contributed by atoms with E-state index in [0.29, 0.717) is 5.17 Å². The molecule has 0 unspecified atom stereocenters. The Morgan fingerprint density at radius 3 is 2.74 bits per heavy atom. The van der Waals surface area contributed by atoms with Crippen LogP contribution in [-0.2, 0) is 9.53 Å². The van der Waals surface area contributed by atoms with Crippen molar-refractivity contribution in [3.8, 4) is 0 Å². The molecule has 0 aromatic heterocycles. The van der Waals surface area contributed by atoms with E-state index in [4.69, 9.17) is 9.84 Å². The van der Waals surface area contributed by atoms with E-state index in [0.717, 1.165) is 0 Å². The molecule has 4 N–H and O–H groups in total. The Bertz CT molecular complexity index is 389. The lowest BCUT2D eigenvalue weighted by molar-refractivity contribution is -0.164. The van der Waals surface area contributed by atoms with Gasteiger partial charge in [0.05, 0.1) is 6.61 Å². The zero-order valence-electron chi connectivity index (χ0n) is 10.7. The van der Waals surface area contributed by atoms with Gasteiger partial charge in [-0.25, -0.2) is 0 Å². The number of rotatable bonds is 2. The Labute approximate surface area is 115 Å². The van der Waals surface area contributed by atoms with Crippen LogP contribution in [0.3, 0.4) is 0 Å². The van der Waals surface area contributed by atoms with Gasteiger partial charge in [0.2, 0.25) is 5.91 Å². The molecule has 1 saturated heterocycles. The molecule has 0 aromatic rings. The molecule has 0 spiro atoms. The average molecular weight is 290 g/mol. The fraction of sp³-hybridized carbons (Fsp3) is 0.818. The summed E-state index contributed by atoms with van der Waals surface area (Å²) in [6.07, 6.45) is -3.13. The number of thioether (sulfide) groups is 1. The number of aliphatic imine (C=N–C) groups is 1. The van der Waals surface area contributed by atoms with Crippen molar-refractivity contribution in [1.82, 2.24) is 5.32 Å². The van der Waals surface area contributed by atoms with Crippen molar-refractivity contribution in [2.24, 2.45) is 10.9 Å². The topological polar surface area (TPSA) is 111 Å². The highest BCUT2D eigenvalue weighted by Gasteiger charge is 2.48. The number of nitrogens with zero attached hydrogens (tertiary/aromatic N) is 1. The number of carbonyl (C=O) groups is 1. The van der Waals surface area contributed by atoms with E-state index < -0.39 is 29.8 Å². The molecule has 0 aliphatic carbocycles. The van der Waals surface area contributed by atoms with Gasteiger partial charge in [0, 0.05) is 5.92 Å². The van der Waals surface area contributed by atoms with Gasteiger partial charge in [0.25, 0.3) is 0 Å². The van der Waals surface area contributed by atoms with Crippen molar-refractivity contribution in [1.29, 1.82) is 0 Å². The molecule has 5 atom stereocenters. The highest BCUT2D eigenvalue weighted by Crippen LogP contribution is 2.35. The first-order valence-corrected chi connectivity index (χ1v) is 6.99. The van der Waals surface area contributed by atoms with Crippen molar-refractivity contribution >= 4 is 22.8 Å². The number of aliphatic hydroxyl groups excluding tert-OH is 3. The Kier molecular flexibility index (Phi) is 4.46. The number of amides is 1. The number of carbonyl (C=O) groups excluding carboxylic acids is 1. The molecule has 7 nitrogen and oxygen atoms in total. The second kappa shape index (κ2) is 5.76. The molecule has 2 aliphatic heterocycles. The minimum Gasteiger partial charge on any atom is -0.394 e. The van der Waals surface area contributed by atoms with Crippen LogP contribution < -0.4 is 5.32 Å². The summed E-state index contributed by atoms with van der Waals surface area (Å²) >= 11 is 1.18. The number of hydrogen-bond acceptors (Lipinski definition) is 7. The zero-order chi connectivity index (χ0) is 14.2. The van der Waals surface area contributed by atoms with E-state index >= 15 is 0 Å². The Balaban J connectivity index is 2.05. The van der Waals surface area contributed by atoms with E-state index in [2.05, 4.69) is 10.3 Å². The number of amidine groups is 1. The first kappa shape index (κ1) is 14.7. The van der Waals surface area contributed by atoms with Gasteiger partial charge in [-0.1, -0.05) is 25.6 Å². The van der Waals surface area contributed by atoms with E-state index in [1.165, 1.54) is 11.8 Å². The van der Waals surface area contributed by atoms with Crippen LogP contribution in [0.1, 0.15) is 13.8 Å². The summed E-state index contributed by atoms with van der Waals surface area (Å²) in [5.41, 5.74) is -0.502. The fourth-order valence-corrected chi connectivity index (χ4v) is 3.01. The summed E-state index contributed by atoms with van der Waals surface area (Å²) < 4.78 is 5.45. The third-order valence-corrected chi connectivity index (χ3v) is 4.15. The third-order valence-electron chi connectivity index (χ3n) is 3.10. The smallest absolute Gasteiger partial charge is 0.228 e. The van der Waals surface area contributed by atoms with Crippen molar-refractivity contribution in [2.75, 3.05) is 6.61 Å².